The molecule has 1 saturated heterocycles. The first-order valence-electron chi connectivity index (χ1n) is 8.70. The summed E-state index contributed by atoms with van der Waals surface area (Å²) >= 11 is 0. The summed E-state index contributed by atoms with van der Waals surface area (Å²) in [4.78, 5) is 26.1. The van der Waals surface area contributed by atoms with Gasteiger partial charge in [0.05, 0.1) is 6.10 Å². The van der Waals surface area contributed by atoms with Gasteiger partial charge in [-0.1, -0.05) is 6.92 Å². The number of nitrogens with one attached hydrogen (secondary N) is 2. The lowest BCUT2D eigenvalue weighted by Crippen LogP contribution is -2.48. The maximum Gasteiger partial charge on any atom is 0.321 e. The largest absolute Gasteiger partial charge is 0.392 e. The minimum Gasteiger partial charge on any atom is -0.392 e. The van der Waals surface area contributed by atoms with Crippen LogP contribution in [-0.2, 0) is 0 Å². The molecule has 130 valence electrons. The predicted octanol–water partition coefficient (Wildman–Crippen LogP) is 2.06. The van der Waals surface area contributed by atoms with Gasteiger partial charge < -0.3 is 20.6 Å². The van der Waals surface area contributed by atoms with Crippen LogP contribution in [0.25, 0.3) is 0 Å². The van der Waals surface area contributed by atoms with Crippen LogP contribution in [0.4, 0.5) is 10.5 Å². The second-order valence-electron chi connectivity index (χ2n) is 6.76. The van der Waals surface area contributed by atoms with Gasteiger partial charge in [-0.2, -0.15) is 0 Å². The van der Waals surface area contributed by atoms with Crippen molar-refractivity contribution >= 4 is 17.6 Å². The van der Waals surface area contributed by atoms with Crippen LogP contribution >= 0.6 is 0 Å². The molecule has 1 heterocycles. The van der Waals surface area contributed by atoms with Gasteiger partial charge in [-0.3, -0.25) is 4.79 Å². The van der Waals surface area contributed by atoms with E-state index in [9.17, 15) is 14.7 Å². The maximum atomic E-state index is 12.4. The third kappa shape index (κ3) is 3.53. The van der Waals surface area contributed by atoms with Crippen LogP contribution in [0, 0.1) is 11.8 Å². The fourth-order valence-corrected chi connectivity index (χ4v) is 3.61. The number of aliphatic hydroxyl groups is 1. The van der Waals surface area contributed by atoms with E-state index in [-0.39, 0.29) is 29.9 Å². The molecule has 0 radical (unpaired) electrons. The molecule has 6 nitrogen and oxygen atoms in total. The Morgan fingerprint density at radius 3 is 2.38 bits per heavy atom. The van der Waals surface area contributed by atoms with Gasteiger partial charge in [0.25, 0.3) is 5.91 Å². The molecule has 2 bridgehead atoms. The summed E-state index contributed by atoms with van der Waals surface area (Å²) in [6.45, 7) is 3.88. The van der Waals surface area contributed by atoms with Crippen molar-refractivity contribution in [3.05, 3.63) is 29.8 Å². The summed E-state index contributed by atoms with van der Waals surface area (Å²) in [5.41, 5.74) is 1.26. The number of aliphatic hydroxyl groups excluding tert-OH is 1. The van der Waals surface area contributed by atoms with Crippen molar-refractivity contribution in [3.8, 4) is 0 Å². The highest BCUT2D eigenvalue weighted by atomic mass is 16.3. The quantitative estimate of drug-likeness (QED) is 0.790. The Bertz CT molecular complexity index is 588. The van der Waals surface area contributed by atoms with Crippen LogP contribution < -0.4 is 10.6 Å². The minimum absolute atomic E-state index is 0.101. The number of nitrogens with zero attached hydrogens (tertiary/aromatic N) is 1. The van der Waals surface area contributed by atoms with Gasteiger partial charge in [-0.15, -0.1) is 0 Å². The highest BCUT2D eigenvalue weighted by Gasteiger charge is 2.42. The first kappa shape index (κ1) is 16.8. The molecule has 3 amide bonds. The molecule has 1 aromatic carbocycles. The van der Waals surface area contributed by atoms with Crippen molar-refractivity contribution in [2.75, 3.05) is 25.0 Å². The lowest BCUT2D eigenvalue weighted by molar-refractivity contribution is 0.0326. The molecule has 0 spiro atoms. The average Bonchev–Trinajstić information content (AvgIpc) is 2.81. The minimum atomic E-state index is -0.255. The number of benzene rings is 1. The van der Waals surface area contributed by atoms with E-state index in [0.29, 0.717) is 30.9 Å². The molecule has 3 rings (SSSR count). The Balaban J connectivity index is 1.56. The van der Waals surface area contributed by atoms with Crippen LogP contribution in [0.3, 0.4) is 0 Å². The first-order valence-corrected chi connectivity index (χ1v) is 8.70. The van der Waals surface area contributed by atoms with E-state index in [1.54, 1.807) is 29.2 Å². The molecule has 6 heteroatoms. The molecule has 1 aliphatic carbocycles. The maximum absolute atomic E-state index is 12.4. The Labute approximate surface area is 142 Å². The number of likely N-dealkylation sites (tertiary alicyclic amines) is 1. The molecule has 0 aromatic heterocycles. The van der Waals surface area contributed by atoms with E-state index in [0.717, 1.165) is 19.3 Å². The van der Waals surface area contributed by atoms with Crippen molar-refractivity contribution in [3.63, 3.8) is 0 Å². The molecular weight excluding hydrogens is 306 g/mol. The van der Waals surface area contributed by atoms with Gasteiger partial charge in [0.15, 0.2) is 0 Å². The van der Waals surface area contributed by atoms with E-state index in [1.165, 1.54) is 0 Å². The molecule has 1 saturated carbocycles. The zero-order valence-electron chi connectivity index (χ0n) is 14.0. The molecule has 2 aliphatic rings. The fourth-order valence-electron chi connectivity index (χ4n) is 3.61. The zero-order valence-corrected chi connectivity index (χ0v) is 14.0. The lowest BCUT2D eigenvalue weighted by Gasteiger charge is -2.35. The van der Waals surface area contributed by atoms with Crippen LogP contribution in [0.1, 0.15) is 36.5 Å². The molecule has 3 atom stereocenters. The number of carbonyl (C=O) groups is 2. The van der Waals surface area contributed by atoms with Crippen LogP contribution in [-0.4, -0.2) is 47.7 Å². The summed E-state index contributed by atoms with van der Waals surface area (Å²) in [6.07, 6.45) is 2.63. The average molecular weight is 331 g/mol. The summed E-state index contributed by atoms with van der Waals surface area (Å²) < 4.78 is 0. The number of amides is 3. The number of fused-ring (bicyclic) bond motifs is 2. The molecule has 1 aliphatic heterocycles. The Kier molecular flexibility index (Phi) is 5.04. The van der Waals surface area contributed by atoms with E-state index in [1.807, 2.05) is 6.92 Å². The van der Waals surface area contributed by atoms with Gasteiger partial charge in [-0.25, -0.2) is 4.79 Å². The Hall–Kier alpha value is -2.08. The van der Waals surface area contributed by atoms with Crippen molar-refractivity contribution in [1.29, 1.82) is 0 Å². The summed E-state index contributed by atoms with van der Waals surface area (Å²) in [6, 6.07) is 6.77. The number of hydrogen-bond acceptors (Lipinski definition) is 3. The number of urea groups is 1. The van der Waals surface area contributed by atoms with Crippen LogP contribution in [0.2, 0.25) is 0 Å². The lowest BCUT2D eigenvalue weighted by atomic mass is 9.95. The second kappa shape index (κ2) is 7.21. The second-order valence-corrected chi connectivity index (χ2v) is 6.76. The molecular formula is C18H25N3O3. The van der Waals surface area contributed by atoms with Gasteiger partial charge in [0, 0.05) is 42.7 Å². The van der Waals surface area contributed by atoms with Crippen molar-refractivity contribution in [2.45, 2.75) is 32.3 Å². The summed E-state index contributed by atoms with van der Waals surface area (Å²) in [5.74, 6) is 0.314. The van der Waals surface area contributed by atoms with Gasteiger partial charge in [0.1, 0.15) is 0 Å². The Morgan fingerprint density at radius 2 is 1.79 bits per heavy atom. The molecule has 2 fully saturated rings. The van der Waals surface area contributed by atoms with Gasteiger partial charge in [0.2, 0.25) is 0 Å². The monoisotopic (exact) mass is 331 g/mol. The van der Waals surface area contributed by atoms with E-state index in [2.05, 4.69) is 10.6 Å². The van der Waals surface area contributed by atoms with E-state index < -0.39 is 0 Å². The van der Waals surface area contributed by atoms with Gasteiger partial charge >= 0.3 is 6.03 Å². The molecule has 1 aromatic rings. The molecule has 24 heavy (non-hydrogen) atoms. The SMILES string of the molecule is CCCNC(=O)c1ccc(NC(=O)N2C[C@H]3CC[C@@H](C2)C3O)cc1. The number of carbonyl (C=O) groups excluding carboxylic acids is 2. The van der Waals surface area contributed by atoms with E-state index in [4.69, 9.17) is 0 Å². The third-order valence-corrected chi connectivity index (χ3v) is 5.01. The molecule has 3 N–H and O–H groups in total. The van der Waals surface area contributed by atoms with Crippen LogP contribution in [0.15, 0.2) is 24.3 Å². The number of rotatable bonds is 4. The topological polar surface area (TPSA) is 81.7 Å². The fraction of sp³-hybridized carbons (Fsp3) is 0.556. The normalized spacial score (nSPS) is 25.4. The van der Waals surface area contributed by atoms with Gasteiger partial charge in [-0.05, 0) is 43.5 Å². The summed E-state index contributed by atoms with van der Waals surface area (Å²) in [7, 11) is 0. The number of anilines is 1. The standard InChI is InChI=1S/C18H25N3O3/c1-2-9-19-17(23)12-5-7-15(8-6-12)20-18(24)21-10-13-3-4-14(11-21)16(13)22/h5-8,13-14,16,22H,2-4,9-11H2,1H3,(H,19,23)(H,20,24)/t13-,14+,16?. The van der Waals surface area contributed by atoms with Crippen molar-refractivity contribution < 1.29 is 14.7 Å². The van der Waals surface area contributed by atoms with Crippen molar-refractivity contribution in [2.24, 2.45) is 11.8 Å². The molecule has 1 unspecified atom stereocenters. The predicted molar refractivity (Wildman–Crippen MR) is 91.9 cm³/mol. The van der Waals surface area contributed by atoms with Crippen molar-refractivity contribution in [1.82, 2.24) is 10.2 Å². The summed E-state index contributed by atoms with van der Waals surface area (Å²) in [5, 5.41) is 15.7. The van der Waals surface area contributed by atoms with E-state index >= 15 is 0 Å². The smallest absolute Gasteiger partial charge is 0.321 e. The highest BCUT2D eigenvalue weighted by molar-refractivity contribution is 5.95. The number of piperidine rings is 1. The first-order chi connectivity index (χ1) is 11.6. The highest BCUT2D eigenvalue weighted by Crippen LogP contribution is 2.36. The van der Waals surface area contributed by atoms with Crippen LogP contribution in [0.5, 0.6) is 0 Å². The zero-order chi connectivity index (χ0) is 17.1. The Morgan fingerprint density at radius 1 is 1.17 bits per heavy atom. The number of hydrogen-bond donors (Lipinski definition) is 3. The third-order valence-electron chi connectivity index (χ3n) is 5.01.